The first-order valence-electron chi connectivity index (χ1n) is 9.50. The van der Waals surface area contributed by atoms with Gasteiger partial charge in [-0.2, -0.15) is 0 Å². The molecule has 0 aliphatic heterocycles. The summed E-state index contributed by atoms with van der Waals surface area (Å²) in [6.45, 7) is 4.58. The molecule has 0 aliphatic carbocycles. The van der Waals surface area contributed by atoms with Crippen LogP contribution in [-0.4, -0.2) is 18.3 Å². The Hall–Kier alpha value is -1.87. The van der Waals surface area contributed by atoms with Crippen molar-refractivity contribution in [2.75, 3.05) is 0 Å². The van der Waals surface area contributed by atoms with Gasteiger partial charge in [0.25, 0.3) is 0 Å². The quantitative estimate of drug-likeness (QED) is 0.465. The zero-order valence-corrected chi connectivity index (χ0v) is 18.7. The van der Waals surface area contributed by atoms with E-state index in [0.29, 0.717) is 5.92 Å². The molecule has 1 heterocycles. The SMILES string of the molecule is CC(C)Cc1cnc(-c2cccc(-c3ccccc3)c2)c[c]1[Ge]([CH3])([CH3])[CH3]. The molecule has 2 heteroatoms. The first kappa shape index (κ1) is 18.9. The summed E-state index contributed by atoms with van der Waals surface area (Å²) in [4.78, 5) is 4.84. The van der Waals surface area contributed by atoms with Gasteiger partial charge in [-0.05, 0) is 0 Å². The average Bonchev–Trinajstić information content (AvgIpc) is 2.61. The number of nitrogens with zero attached hydrogens (tertiary/aromatic N) is 1. The number of pyridine rings is 1. The average molecular weight is 404 g/mol. The van der Waals surface area contributed by atoms with E-state index in [1.165, 1.54) is 22.3 Å². The Bertz CT molecular complexity index is 876. The number of benzene rings is 2. The molecule has 2 aromatic carbocycles. The van der Waals surface area contributed by atoms with Gasteiger partial charge in [0.1, 0.15) is 0 Å². The molecule has 0 radical (unpaired) electrons. The minimum atomic E-state index is -1.96. The Labute approximate surface area is 160 Å². The van der Waals surface area contributed by atoms with Gasteiger partial charge in [-0.25, -0.2) is 0 Å². The Morgan fingerprint density at radius 3 is 2.12 bits per heavy atom. The van der Waals surface area contributed by atoms with Gasteiger partial charge >= 0.3 is 161 Å². The molecular weight excluding hydrogens is 375 g/mol. The number of hydrogen-bond acceptors (Lipinski definition) is 1. The van der Waals surface area contributed by atoms with Crippen molar-refractivity contribution >= 4 is 17.7 Å². The van der Waals surface area contributed by atoms with E-state index in [0.717, 1.165) is 12.1 Å². The van der Waals surface area contributed by atoms with Crippen LogP contribution in [0, 0.1) is 5.92 Å². The van der Waals surface area contributed by atoms with Crippen molar-refractivity contribution in [1.29, 1.82) is 0 Å². The van der Waals surface area contributed by atoms with Crippen LogP contribution in [-0.2, 0) is 6.42 Å². The van der Waals surface area contributed by atoms with E-state index in [9.17, 15) is 0 Å². The summed E-state index contributed by atoms with van der Waals surface area (Å²) in [5.74, 6) is 8.09. The van der Waals surface area contributed by atoms with Crippen LogP contribution >= 0.6 is 0 Å². The van der Waals surface area contributed by atoms with Crippen molar-refractivity contribution in [2.24, 2.45) is 5.92 Å². The molecule has 1 aromatic heterocycles. The monoisotopic (exact) mass is 405 g/mol. The fourth-order valence-corrected chi connectivity index (χ4v) is 7.00. The molecular formula is C24H29GeN. The third-order valence-corrected chi connectivity index (χ3v) is 9.06. The summed E-state index contributed by atoms with van der Waals surface area (Å²) >= 11 is -1.96. The van der Waals surface area contributed by atoms with Crippen LogP contribution in [0.5, 0.6) is 0 Å². The fourth-order valence-electron chi connectivity index (χ4n) is 3.43. The van der Waals surface area contributed by atoms with Crippen molar-refractivity contribution in [3.05, 3.63) is 72.4 Å². The van der Waals surface area contributed by atoms with E-state index >= 15 is 0 Å². The second-order valence-corrected chi connectivity index (χ2v) is 19.1. The van der Waals surface area contributed by atoms with E-state index in [-0.39, 0.29) is 0 Å². The molecule has 0 fully saturated rings. The molecule has 0 unspecified atom stereocenters. The summed E-state index contributed by atoms with van der Waals surface area (Å²) in [6.07, 6.45) is 3.26. The predicted molar refractivity (Wildman–Crippen MR) is 117 cm³/mol. The van der Waals surface area contributed by atoms with Gasteiger partial charge in [-0.15, -0.1) is 0 Å². The molecule has 0 amide bonds. The molecule has 0 atom stereocenters. The van der Waals surface area contributed by atoms with E-state index in [1.54, 1.807) is 4.40 Å². The summed E-state index contributed by atoms with van der Waals surface area (Å²) < 4.78 is 1.59. The molecule has 1 nitrogen and oxygen atoms in total. The van der Waals surface area contributed by atoms with E-state index in [2.05, 4.69) is 98.0 Å². The van der Waals surface area contributed by atoms with Gasteiger partial charge in [0, 0.05) is 0 Å². The first-order chi connectivity index (χ1) is 12.3. The van der Waals surface area contributed by atoms with Crippen molar-refractivity contribution in [3.63, 3.8) is 0 Å². The number of rotatable bonds is 5. The molecule has 3 rings (SSSR count). The normalized spacial score (nSPS) is 11.8. The molecule has 0 N–H and O–H groups in total. The Morgan fingerprint density at radius 1 is 0.808 bits per heavy atom. The molecule has 0 spiro atoms. The standard InChI is InChI=1S/C24H29GeN/c1-18(2)14-22-17-26-24(16-23(22)25(3,4)5)21-13-9-12-20(15-21)19-10-7-6-8-11-19/h6-13,15-18H,14H2,1-5H3. The minimum absolute atomic E-state index is 0.660. The molecule has 0 saturated carbocycles. The predicted octanol–water partition coefficient (Wildman–Crippen LogP) is 6.16. The Morgan fingerprint density at radius 2 is 1.46 bits per heavy atom. The Kier molecular flexibility index (Phi) is 5.67. The second kappa shape index (κ2) is 7.79. The maximum atomic E-state index is 4.84. The zero-order chi connectivity index (χ0) is 18.7. The molecule has 3 aromatic rings. The van der Waals surface area contributed by atoms with Gasteiger partial charge in [0.05, 0.1) is 0 Å². The van der Waals surface area contributed by atoms with Crippen LogP contribution in [0.2, 0.25) is 17.3 Å². The summed E-state index contributed by atoms with van der Waals surface area (Å²) in [5, 5.41) is 0. The van der Waals surface area contributed by atoms with Crippen LogP contribution in [0.4, 0.5) is 0 Å². The van der Waals surface area contributed by atoms with Gasteiger partial charge < -0.3 is 0 Å². The third kappa shape index (κ3) is 4.45. The molecule has 0 bridgehead atoms. The van der Waals surface area contributed by atoms with Crippen LogP contribution in [0.25, 0.3) is 22.4 Å². The van der Waals surface area contributed by atoms with Crippen LogP contribution < -0.4 is 4.40 Å². The van der Waals surface area contributed by atoms with Crippen molar-refractivity contribution in [1.82, 2.24) is 4.98 Å². The fraction of sp³-hybridized carbons (Fsp3) is 0.292. The maximum absolute atomic E-state index is 4.84. The topological polar surface area (TPSA) is 12.9 Å². The summed E-state index contributed by atoms with van der Waals surface area (Å²) in [7, 11) is 0. The van der Waals surface area contributed by atoms with Gasteiger partial charge in [-0.1, -0.05) is 0 Å². The number of hydrogen-bond donors (Lipinski definition) is 0. The van der Waals surface area contributed by atoms with E-state index < -0.39 is 13.3 Å². The van der Waals surface area contributed by atoms with E-state index in [1.807, 2.05) is 0 Å². The van der Waals surface area contributed by atoms with Gasteiger partial charge in [0.15, 0.2) is 0 Å². The molecule has 26 heavy (non-hydrogen) atoms. The van der Waals surface area contributed by atoms with Crippen molar-refractivity contribution < 1.29 is 0 Å². The first-order valence-corrected chi connectivity index (χ1v) is 16.8. The van der Waals surface area contributed by atoms with Crippen molar-refractivity contribution in [2.45, 2.75) is 37.5 Å². The van der Waals surface area contributed by atoms with Gasteiger partial charge in [-0.3, -0.25) is 0 Å². The molecule has 0 aliphatic rings. The summed E-state index contributed by atoms with van der Waals surface area (Å²) in [6, 6.07) is 21.7. The Balaban J connectivity index is 2.05. The van der Waals surface area contributed by atoms with Crippen LogP contribution in [0.1, 0.15) is 19.4 Å². The van der Waals surface area contributed by atoms with E-state index in [4.69, 9.17) is 4.98 Å². The molecule has 134 valence electrons. The van der Waals surface area contributed by atoms with Crippen LogP contribution in [0.15, 0.2) is 66.9 Å². The molecule has 0 saturated heterocycles. The van der Waals surface area contributed by atoms with Gasteiger partial charge in [0.2, 0.25) is 0 Å². The number of aromatic nitrogens is 1. The summed E-state index contributed by atoms with van der Waals surface area (Å²) in [5.41, 5.74) is 6.26. The van der Waals surface area contributed by atoms with Crippen LogP contribution in [0.3, 0.4) is 0 Å². The van der Waals surface area contributed by atoms with Crippen molar-refractivity contribution in [3.8, 4) is 22.4 Å². The second-order valence-electron chi connectivity index (χ2n) is 8.52. The zero-order valence-electron chi connectivity index (χ0n) is 16.6. The third-order valence-electron chi connectivity index (χ3n) is 4.69.